The van der Waals surface area contributed by atoms with Crippen LogP contribution in [0.1, 0.15) is 18.4 Å². The van der Waals surface area contributed by atoms with Crippen molar-refractivity contribution in [2.45, 2.75) is 24.3 Å². The molecule has 2 amide bonds. The Kier molecular flexibility index (Phi) is 2.69. The van der Waals surface area contributed by atoms with Gasteiger partial charge < -0.3 is 10.2 Å². The number of nitriles is 1. The van der Waals surface area contributed by atoms with Gasteiger partial charge in [0.05, 0.1) is 17.5 Å². The van der Waals surface area contributed by atoms with E-state index in [1.165, 1.54) is 0 Å². The van der Waals surface area contributed by atoms with Gasteiger partial charge in [-0.2, -0.15) is 5.26 Å². The lowest BCUT2D eigenvalue weighted by Crippen LogP contribution is -2.49. The maximum atomic E-state index is 12.5. The first-order valence-corrected chi connectivity index (χ1v) is 7.54. The zero-order valence-electron chi connectivity index (χ0n) is 11.9. The van der Waals surface area contributed by atoms with Crippen LogP contribution < -0.4 is 10.2 Å². The molecule has 1 saturated carbocycles. The van der Waals surface area contributed by atoms with Crippen molar-refractivity contribution < 1.29 is 4.79 Å². The van der Waals surface area contributed by atoms with Gasteiger partial charge in [0, 0.05) is 31.9 Å². The van der Waals surface area contributed by atoms with Gasteiger partial charge in [-0.05, 0) is 30.5 Å². The highest BCUT2D eigenvalue weighted by molar-refractivity contribution is 5.94. The van der Waals surface area contributed by atoms with Crippen molar-refractivity contribution >= 4 is 11.7 Å². The third-order valence-electron chi connectivity index (χ3n) is 4.92. The first kappa shape index (κ1) is 12.7. The number of hydrogen-bond donors (Lipinski definition) is 1. The van der Waals surface area contributed by atoms with Crippen LogP contribution in [-0.4, -0.2) is 43.2 Å². The second-order valence-corrected chi connectivity index (χ2v) is 6.19. The number of benzene rings is 1. The van der Waals surface area contributed by atoms with Gasteiger partial charge >= 0.3 is 6.03 Å². The molecule has 1 atom stereocenters. The molecular weight excluding hydrogens is 264 g/mol. The summed E-state index contributed by atoms with van der Waals surface area (Å²) in [4.78, 5) is 16.3. The second-order valence-electron chi connectivity index (χ2n) is 6.19. The van der Waals surface area contributed by atoms with E-state index in [1.54, 1.807) is 0 Å². The average molecular weight is 282 g/mol. The summed E-state index contributed by atoms with van der Waals surface area (Å²) in [5.41, 5.74) is 1.77. The number of amides is 2. The summed E-state index contributed by atoms with van der Waals surface area (Å²) < 4.78 is 0. The van der Waals surface area contributed by atoms with Crippen molar-refractivity contribution in [1.29, 1.82) is 5.26 Å². The molecule has 0 unspecified atom stereocenters. The number of rotatable bonds is 2. The van der Waals surface area contributed by atoms with Crippen LogP contribution in [0.3, 0.4) is 0 Å². The third kappa shape index (κ3) is 1.90. The van der Waals surface area contributed by atoms with E-state index in [1.807, 2.05) is 34.1 Å². The lowest BCUT2D eigenvalue weighted by atomic mass is 9.97. The maximum Gasteiger partial charge on any atom is 0.324 e. The van der Waals surface area contributed by atoms with Crippen molar-refractivity contribution in [3.63, 3.8) is 0 Å². The number of hydrogen-bond acceptors (Lipinski definition) is 3. The van der Waals surface area contributed by atoms with Gasteiger partial charge in [0.2, 0.25) is 0 Å². The molecule has 2 heterocycles. The highest BCUT2D eigenvalue weighted by Crippen LogP contribution is 2.47. The van der Waals surface area contributed by atoms with Gasteiger partial charge in [-0.15, -0.1) is 0 Å². The molecule has 0 aromatic heterocycles. The Morgan fingerprint density at radius 1 is 1.29 bits per heavy atom. The highest BCUT2D eigenvalue weighted by Gasteiger charge is 2.45. The molecule has 5 nitrogen and oxygen atoms in total. The minimum Gasteiger partial charge on any atom is -0.317 e. The fraction of sp³-hybridized carbons (Fsp3) is 0.500. The Morgan fingerprint density at radius 2 is 2.05 bits per heavy atom. The van der Waals surface area contributed by atoms with E-state index in [-0.39, 0.29) is 17.5 Å². The number of fused-ring (bicyclic) bond motifs is 1. The number of carbonyl (C=O) groups is 1. The smallest absolute Gasteiger partial charge is 0.317 e. The van der Waals surface area contributed by atoms with Crippen molar-refractivity contribution in [3.8, 4) is 6.07 Å². The van der Waals surface area contributed by atoms with E-state index < -0.39 is 0 Å². The minimum absolute atomic E-state index is 0.107. The van der Waals surface area contributed by atoms with Gasteiger partial charge in [0.15, 0.2) is 0 Å². The van der Waals surface area contributed by atoms with Gasteiger partial charge in [-0.25, -0.2) is 4.79 Å². The zero-order chi connectivity index (χ0) is 14.4. The van der Waals surface area contributed by atoms with E-state index in [9.17, 15) is 10.1 Å². The van der Waals surface area contributed by atoms with E-state index in [4.69, 9.17) is 0 Å². The molecular formula is C16H18N4O. The summed E-state index contributed by atoms with van der Waals surface area (Å²) in [6.45, 7) is 3.28. The lowest BCUT2D eigenvalue weighted by Gasteiger charge is -2.28. The van der Waals surface area contributed by atoms with Crippen molar-refractivity contribution in [2.75, 3.05) is 31.1 Å². The first-order valence-electron chi connectivity index (χ1n) is 7.54. The molecule has 5 heteroatoms. The normalized spacial score (nSPS) is 26.4. The Hall–Kier alpha value is -2.06. The van der Waals surface area contributed by atoms with Crippen LogP contribution in [0, 0.1) is 11.3 Å². The molecule has 108 valence electrons. The molecule has 0 bridgehead atoms. The third-order valence-corrected chi connectivity index (χ3v) is 4.92. The average Bonchev–Trinajstić information content (AvgIpc) is 3.27. The van der Waals surface area contributed by atoms with Crippen LogP contribution in [-0.2, 0) is 5.41 Å². The topological polar surface area (TPSA) is 59.4 Å². The number of nitrogens with zero attached hydrogens (tertiary/aromatic N) is 3. The Morgan fingerprint density at radius 3 is 2.67 bits per heavy atom. The molecule has 4 rings (SSSR count). The van der Waals surface area contributed by atoms with Crippen molar-refractivity contribution in [1.82, 2.24) is 10.2 Å². The number of piperazine rings is 1. The number of anilines is 1. The maximum absolute atomic E-state index is 12.5. The fourth-order valence-corrected chi connectivity index (χ4v) is 3.39. The predicted octanol–water partition coefficient (Wildman–Crippen LogP) is 1.46. The Balaban J connectivity index is 1.57. The molecule has 1 N–H and O–H groups in total. The summed E-state index contributed by atoms with van der Waals surface area (Å²) in [5, 5.41) is 12.6. The molecule has 0 spiro atoms. The van der Waals surface area contributed by atoms with Crippen molar-refractivity contribution in [2.24, 2.45) is 0 Å². The molecule has 21 heavy (non-hydrogen) atoms. The van der Waals surface area contributed by atoms with Crippen LogP contribution in [0.15, 0.2) is 24.3 Å². The van der Waals surface area contributed by atoms with Gasteiger partial charge in [0.1, 0.15) is 0 Å². The molecule has 3 fully saturated rings. The van der Waals surface area contributed by atoms with Gasteiger partial charge in [0.25, 0.3) is 0 Å². The molecule has 0 radical (unpaired) electrons. The Bertz CT molecular complexity index is 614. The summed E-state index contributed by atoms with van der Waals surface area (Å²) in [6.07, 6.45) is 1.90. The van der Waals surface area contributed by atoms with Crippen LogP contribution in [0.4, 0.5) is 10.5 Å². The van der Waals surface area contributed by atoms with E-state index in [0.29, 0.717) is 0 Å². The molecule has 2 aliphatic heterocycles. The number of nitrogens with one attached hydrogen (secondary N) is 1. The predicted molar refractivity (Wildman–Crippen MR) is 79.1 cm³/mol. The van der Waals surface area contributed by atoms with Crippen LogP contribution in [0.5, 0.6) is 0 Å². The number of urea groups is 1. The summed E-state index contributed by atoms with van der Waals surface area (Å²) in [7, 11) is 0. The highest BCUT2D eigenvalue weighted by atomic mass is 16.2. The summed E-state index contributed by atoms with van der Waals surface area (Å²) in [6, 6.07) is 10.8. The summed E-state index contributed by atoms with van der Waals surface area (Å²) >= 11 is 0. The monoisotopic (exact) mass is 282 g/mol. The number of carbonyl (C=O) groups excluding carboxylic acids is 1. The van der Waals surface area contributed by atoms with Crippen molar-refractivity contribution in [3.05, 3.63) is 29.8 Å². The minimum atomic E-state index is -0.255. The molecule has 2 saturated heterocycles. The van der Waals surface area contributed by atoms with Crippen LogP contribution in [0.2, 0.25) is 0 Å². The van der Waals surface area contributed by atoms with Crippen LogP contribution in [0.25, 0.3) is 0 Å². The van der Waals surface area contributed by atoms with E-state index in [2.05, 4.69) is 11.4 Å². The lowest BCUT2D eigenvalue weighted by molar-refractivity contribution is 0.193. The van der Waals surface area contributed by atoms with Gasteiger partial charge in [-0.1, -0.05) is 12.1 Å². The SMILES string of the molecule is N#CC1(c2ccc(N3C[C@@H]4CNCCN4C3=O)cc2)CC1. The fourth-order valence-electron chi connectivity index (χ4n) is 3.39. The molecule has 1 aliphatic carbocycles. The summed E-state index contributed by atoms with van der Waals surface area (Å²) in [5.74, 6) is 0. The van der Waals surface area contributed by atoms with E-state index >= 15 is 0 Å². The molecule has 3 aliphatic rings. The van der Waals surface area contributed by atoms with Gasteiger partial charge in [-0.3, -0.25) is 4.90 Å². The quantitative estimate of drug-likeness (QED) is 0.893. The molecule has 1 aromatic rings. The molecule has 1 aromatic carbocycles. The van der Waals surface area contributed by atoms with Crippen LogP contribution >= 0.6 is 0 Å². The Labute approximate surface area is 124 Å². The largest absolute Gasteiger partial charge is 0.324 e. The zero-order valence-corrected chi connectivity index (χ0v) is 11.9. The second kappa shape index (κ2) is 4.47. The first-order chi connectivity index (χ1) is 10.2. The standard InChI is InChI=1S/C16H18N4O/c17-11-16(5-6-16)12-1-3-13(4-2-12)20-10-14-9-18-7-8-19(14)15(20)21/h1-4,14,18H,5-10H2/t14-/m0/s1. The van der Waals surface area contributed by atoms with E-state index in [0.717, 1.165) is 50.3 Å².